The first-order chi connectivity index (χ1) is 14.0. The fourth-order valence-electron chi connectivity index (χ4n) is 2.28. The molecule has 2 aromatic rings. The van der Waals surface area contributed by atoms with E-state index in [4.69, 9.17) is 0 Å². The molecule has 1 saturated heterocycles. The van der Waals surface area contributed by atoms with Crippen LogP contribution < -0.4 is 10.1 Å². The Hall–Kier alpha value is -2.37. The number of carbonyl (C=O) groups is 1. The van der Waals surface area contributed by atoms with Gasteiger partial charge in [0.25, 0.3) is 5.91 Å². The molecule has 1 aliphatic heterocycles. The Balaban J connectivity index is 1.74. The number of alkyl halides is 3. The maximum atomic E-state index is 12.4. The molecule has 1 amide bonds. The highest BCUT2D eigenvalue weighted by atomic mass is 32.2. The van der Waals surface area contributed by atoms with Crippen molar-refractivity contribution in [2.45, 2.75) is 20.2 Å². The molecule has 30 heavy (non-hydrogen) atoms. The Bertz CT molecular complexity index is 1000. The molecule has 1 fully saturated rings. The molecule has 0 saturated carbocycles. The zero-order valence-electron chi connectivity index (χ0n) is 16.0. The zero-order valence-corrected chi connectivity index (χ0v) is 17.6. The lowest BCUT2D eigenvalue weighted by atomic mass is 9.95. The number of hydrogen-bond donors (Lipinski definition) is 2. The predicted octanol–water partition coefficient (Wildman–Crippen LogP) is 4.29. The number of aliphatic hydroxyl groups is 1. The van der Waals surface area contributed by atoms with Gasteiger partial charge in [0.1, 0.15) is 10.8 Å². The first-order valence-electron chi connectivity index (χ1n) is 8.73. The number of hydrogen-bond acceptors (Lipinski definition) is 7. The highest BCUT2D eigenvalue weighted by Gasteiger charge is 2.31. The number of carbonyl (C=O) groups excluding carboxylic acids is 1. The Morgan fingerprint density at radius 1 is 1.33 bits per heavy atom. The molecule has 160 valence electrons. The molecule has 11 heteroatoms. The van der Waals surface area contributed by atoms with Gasteiger partial charge >= 0.3 is 6.36 Å². The lowest BCUT2D eigenvalue weighted by Gasteiger charge is -2.18. The third kappa shape index (κ3) is 6.07. The number of benzene rings is 1. The topological polar surface area (TPSA) is 83.8 Å². The van der Waals surface area contributed by atoms with Crippen molar-refractivity contribution in [3.05, 3.63) is 40.2 Å². The largest absolute Gasteiger partial charge is 0.573 e. The number of nitrogens with zero attached hydrogens (tertiary/aromatic N) is 2. The van der Waals surface area contributed by atoms with Crippen LogP contribution in [0.25, 0.3) is 16.6 Å². The van der Waals surface area contributed by atoms with E-state index in [1.165, 1.54) is 41.3 Å². The smallest absolute Gasteiger partial charge is 0.406 e. The molecule has 1 aliphatic rings. The molecule has 0 unspecified atom stereocenters. The fourth-order valence-corrected chi connectivity index (χ4v) is 3.86. The summed E-state index contributed by atoms with van der Waals surface area (Å²) in [6, 6.07) is 5.55. The Labute approximate surface area is 178 Å². The van der Waals surface area contributed by atoms with Gasteiger partial charge in [-0.05, 0) is 30.0 Å². The molecule has 6 nitrogen and oxygen atoms in total. The van der Waals surface area contributed by atoms with Crippen LogP contribution in [-0.4, -0.2) is 40.7 Å². The van der Waals surface area contributed by atoms with E-state index in [9.17, 15) is 23.1 Å². The van der Waals surface area contributed by atoms with Crippen molar-refractivity contribution in [1.82, 2.24) is 10.3 Å². The predicted molar refractivity (Wildman–Crippen MR) is 111 cm³/mol. The quantitative estimate of drug-likeness (QED) is 0.633. The van der Waals surface area contributed by atoms with E-state index in [1.54, 1.807) is 17.5 Å². The number of rotatable bonds is 6. The number of amidine groups is 1. The van der Waals surface area contributed by atoms with Gasteiger partial charge in [-0.2, -0.15) is 0 Å². The minimum absolute atomic E-state index is 0.0259. The van der Waals surface area contributed by atoms with Crippen LogP contribution in [0.3, 0.4) is 0 Å². The van der Waals surface area contributed by atoms with Crippen molar-refractivity contribution < 1.29 is 27.8 Å². The second-order valence-electron chi connectivity index (χ2n) is 7.16. The van der Waals surface area contributed by atoms with Crippen molar-refractivity contribution in [3.8, 4) is 16.3 Å². The van der Waals surface area contributed by atoms with Crippen LogP contribution in [-0.2, 0) is 4.79 Å². The second kappa shape index (κ2) is 8.78. The number of aromatic nitrogens is 1. The number of aliphatic imine (C=N–C) groups is 1. The minimum atomic E-state index is -4.77. The van der Waals surface area contributed by atoms with Crippen LogP contribution >= 0.6 is 23.1 Å². The van der Waals surface area contributed by atoms with Gasteiger partial charge in [0.2, 0.25) is 0 Å². The normalized spacial score (nSPS) is 17.6. The van der Waals surface area contributed by atoms with Gasteiger partial charge in [0.05, 0.1) is 10.6 Å². The summed E-state index contributed by atoms with van der Waals surface area (Å²) in [7, 11) is 0. The molecular weight excluding hydrogens is 439 g/mol. The summed E-state index contributed by atoms with van der Waals surface area (Å²) in [5.41, 5.74) is 0.592. The van der Waals surface area contributed by atoms with Gasteiger partial charge in [-0.25, -0.2) is 4.98 Å². The fraction of sp³-hybridized carbons (Fsp3) is 0.316. The van der Waals surface area contributed by atoms with Crippen molar-refractivity contribution in [2.75, 3.05) is 13.2 Å². The van der Waals surface area contributed by atoms with Gasteiger partial charge < -0.3 is 15.2 Å². The Kier molecular flexibility index (Phi) is 6.53. The molecule has 1 aromatic heterocycles. The molecule has 3 rings (SSSR count). The Morgan fingerprint density at radius 2 is 2.10 bits per heavy atom. The zero-order chi connectivity index (χ0) is 21.9. The summed E-state index contributed by atoms with van der Waals surface area (Å²) in [6.07, 6.45) is -3.18. The minimum Gasteiger partial charge on any atom is -0.406 e. The standard InChI is InChI=1S/C19H18F3N3O3S2/c1-18(2,10-26)9-23-17-25-15(27)14(30-17)7-12-8-29-16(24-12)11-4-3-5-13(6-11)28-19(20,21)22/h3-8,26H,9-10H2,1-2H3,(H,23,25,27)/b14-7+. The first-order valence-corrected chi connectivity index (χ1v) is 10.4. The van der Waals surface area contributed by atoms with Gasteiger partial charge in [-0.15, -0.1) is 24.5 Å². The molecule has 2 N–H and O–H groups in total. The summed E-state index contributed by atoms with van der Waals surface area (Å²) in [6.45, 7) is 4.06. The first kappa shape index (κ1) is 22.3. The highest BCUT2D eigenvalue weighted by Crippen LogP contribution is 2.32. The molecular formula is C19H18F3N3O3S2. The van der Waals surface area contributed by atoms with Crippen molar-refractivity contribution >= 4 is 40.2 Å². The summed E-state index contributed by atoms with van der Waals surface area (Å²) in [4.78, 5) is 21.3. The average Bonchev–Trinajstić information content (AvgIpc) is 3.26. The second-order valence-corrected chi connectivity index (χ2v) is 9.05. The molecule has 0 aliphatic carbocycles. The average molecular weight is 457 g/mol. The number of nitrogens with one attached hydrogen (secondary N) is 1. The summed E-state index contributed by atoms with van der Waals surface area (Å²) in [5.74, 6) is -0.636. The molecule has 0 radical (unpaired) electrons. The van der Waals surface area contributed by atoms with Gasteiger partial charge in [0.15, 0.2) is 5.17 Å². The SMILES string of the molecule is CC(C)(CO)CN=C1NC(=O)/C(=C\c2csc(-c3cccc(OC(F)(F)F)c3)n2)S1. The van der Waals surface area contributed by atoms with E-state index < -0.39 is 6.36 Å². The van der Waals surface area contributed by atoms with Gasteiger partial charge in [-0.3, -0.25) is 9.79 Å². The van der Waals surface area contributed by atoms with Crippen molar-refractivity contribution in [1.29, 1.82) is 0 Å². The van der Waals surface area contributed by atoms with Crippen LogP contribution in [0, 0.1) is 5.41 Å². The number of aliphatic hydroxyl groups excluding tert-OH is 1. The van der Waals surface area contributed by atoms with Crippen molar-refractivity contribution in [3.63, 3.8) is 0 Å². The summed E-state index contributed by atoms with van der Waals surface area (Å²) >= 11 is 2.41. The van der Waals surface area contributed by atoms with Crippen LogP contribution in [0.2, 0.25) is 0 Å². The molecule has 2 heterocycles. The van der Waals surface area contributed by atoms with E-state index in [0.29, 0.717) is 32.9 Å². The van der Waals surface area contributed by atoms with E-state index >= 15 is 0 Å². The van der Waals surface area contributed by atoms with Gasteiger partial charge in [0, 0.05) is 29.5 Å². The van der Waals surface area contributed by atoms with Crippen LogP contribution in [0.1, 0.15) is 19.5 Å². The molecule has 0 atom stereocenters. The van der Waals surface area contributed by atoms with Gasteiger partial charge in [-0.1, -0.05) is 26.0 Å². The lowest BCUT2D eigenvalue weighted by Crippen LogP contribution is -2.24. The lowest BCUT2D eigenvalue weighted by molar-refractivity contribution is -0.274. The highest BCUT2D eigenvalue weighted by molar-refractivity contribution is 8.18. The molecule has 0 spiro atoms. The van der Waals surface area contributed by atoms with E-state index in [2.05, 4.69) is 20.0 Å². The number of halogens is 3. The number of thiazole rings is 1. The molecule has 1 aromatic carbocycles. The molecule has 0 bridgehead atoms. The number of ether oxygens (including phenoxy) is 1. The number of thioether (sulfide) groups is 1. The maximum absolute atomic E-state index is 12.4. The Morgan fingerprint density at radius 3 is 2.80 bits per heavy atom. The van der Waals surface area contributed by atoms with E-state index in [0.717, 1.165) is 0 Å². The van der Waals surface area contributed by atoms with E-state index in [-0.39, 0.29) is 23.7 Å². The monoisotopic (exact) mass is 457 g/mol. The summed E-state index contributed by atoms with van der Waals surface area (Å²) in [5, 5.41) is 14.6. The van der Waals surface area contributed by atoms with E-state index in [1.807, 2.05) is 13.8 Å². The van der Waals surface area contributed by atoms with Crippen LogP contribution in [0.4, 0.5) is 13.2 Å². The third-order valence-corrected chi connectivity index (χ3v) is 5.70. The van der Waals surface area contributed by atoms with Crippen molar-refractivity contribution in [2.24, 2.45) is 10.4 Å². The maximum Gasteiger partial charge on any atom is 0.573 e. The van der Waals surface area contributed by atoms with Crippen LogP contribution in [0.5, 0.6) is 5.75 Å². The summed E-state index contributed by atoms with van der Waals surface area (Å²) < 4.78 is 41.2. The van der Waals surface area contributed by atoms with Crippen LogP contribution in [0.15, 0.2) is 39.5 Å². The third-order valence-electron chi connectivity index (χ3n) is 3.85. The number of amides is 1.